The molecule has 0 rings (SSSR count). The van der Waals surface area contributed by atoms with Gasteiger partial charge in [0, 0.05) is 0 Å². The van der Waals surface area contributed by atoms with E-state index in [9.17, 15) is 0 Å². The first-order valence-electron chi connectivity index (χ1n) is 1.17. The van der Waals surface area contributed by atoms with E-state index in [2.05, 4.69) is 0 Å². The second kappa shape index (κ2) is 2.44. The fraction of sp³-hybridized carbons (Fsp3) is 1.00. The van der Waals surface area contributed by atoms with Crippen molar-refractivity contribution in [2.45, 2.75) is 0 Å². The van der Waals surface area contributed by atoms with Crippen LogP contribution in [0.3, 0.4) is 0 Å². The van der Waals surface area contributed by atoms with Crippen LogP contribution in [0, 0.1) is 0 Å². The molecular formula is CH10NO3P. The summed E-state index contributed by atoms with van der Waals surface area (Å²) in [5.74, 6) is 0. The summed E-state index contributed by atoms with van der Waals surface area (Å²) in [5, 5.41) is 0. The van der Waals surface area contributed by atoms with Crippen LogP contribution in [0.15, 0.2) is 0 Å². The summed E-state index contributed by atoms with van der Waals surface area (Å²) in [7, 11) is -3.61. The van der Waals surface area contributed by atoms with Crippen molar-refractivity contribution in [1.29, 1.82) is 0 Å². The van der Waals surface area contributed by atoms with E-state index >= 15 is 0 Å². The molecule has 6 heavy (non-hydrogen) atoms. The van der Waals surface area contributed by atoms with Crippen LogP contribution in [-0.4, -0.2) is 21.3 Å². The summed E-state index contributed by atoms with van der Waals surface area (Å²) < 4.78 is 0. The fourth-order valence-corrected chi connectivity index (χ4v) is 0. The molecule has 0 saturated heterocycles. The van der Waals surface area contributed by atoms with Crippen molar-refractivity contribution in [2.75, 3.05) is 6.66 Å². The first-order valence-corrected chi connectivity index (χ1v) is 3.51. The number of rotatable bonds is 0. The van der Waals surface area contributed by atoms with E-state index in [1.807, 2.05) is 0 Å². The minimum absolute atomic E-state index is 0. The van der Waals surface area contributed by atoms with Gasteiger partial charge in [-0.3, -0.25) is 0 Å². The van der Waals surface area contributed by atoms with Crippen molar-refractivity contribution in [3.63, 3.8) is 0 Å². The van der Waals surface area contributed by atoms with Crippen molar-refractivity contribution in [2.24, 2.45) is 0 Å². The molecule has 0 aliphatic carbocycles. The van der Waals surface area contributed by atoms with E-state index in [-0.39, 0.29) is 6.15 Å². The molecule has 0 fully saturated rings. The SMILES string of the molecule is C[PH](O)(O)O.N. The molecule has 0 aromatic rings. The Bertz CT molecular complexity index is 26.3. The summed E-state index contributed by atoms with van der Waals surface area (Å²) >= 11 is 0. The van der Waals surface area contributed by atoms with Gasteiger partial charge in [-0.2, -0.15) is 0 Å². The molecule has 0 amide bonds. The Balaban J connectivity index is 0. The van der Waals surface area contributed by atoms with Gasteiger partial charge in [-0.15, -0.1) is 0 Å². The van der Waals surface area contributed by atoms with Gasteiger partial charge in [-0.25, -0.2) is 0 Å². The zero-order valence-corrected chi connectivity index (χ0v) is 4.55. The average Bonchev–Trinajstić information content (AvgIpc) is 0.722. The van der Waals surface area contributed by atoms with E-state index < -0.39 is 7.94 Å². The summed E-state index contributed by atoms with van der Waals surface area (Å²) in [6.07, 6.45) is 0. The maximum atomic E-state index is 7.77. The third-order valence-electron chi connectivity index (χ3n) is 0. The second-order valence-electron chi connectivity index (χ2n) is 0.971. The van der Waals surface area contributed by atoms with Crippen LogP contribution in [0.5, 0.6) is 0 Å². The molecule has 0 radical (unpaired) electrons. The third-order valence-corrected chi connectivity index (χ3v) is 0. The summed E-state index contributed by atoms with van der Waals surface area (Å²) in [5.41, 5.74) is 0. The normalized spacial score (nSPS) is 12.7. The molecule has 5 heteroatoms. The van der Waals surface area contributed by atoms with E-state index in [1.165, 1.54) is 0 Å². The Morgan fingerprint density at radius 1 is 1.17 bits per heavy atom. The van der Waals surface area contributed by atoms with Crippen LogP contribution < -0.4 is 6.15 Å². The van der Waals surface area contributed by atoms with E-state index in [0.29, 0.717) is 0 Å². The largest absolute Gasteiger partial charge is 0.344 e. The Kier molecular flexibility index (Phi) is 3.89. The Morgan fingerprint density at radius 2 is 1.17 bits per heavy atom. The van der Waals surface area contributed by atoms with Gasteiger partial charge in [0.15, 0.2) is 0 Å². The summed E-state index contributed by atoms with van der Waals surface area (Å²) in [4.78, 5) is 23.3. The van der Waals surface area contributed by atoms with Crippen molar-refractivity contribution in [3.05, 3.63) is 0 Å². The van der Waals surface area contributed by atoms with Gasteiger partial charge in [0.1, 0.15) is 0 Å². The predicted molar refractivity (Wildman–Crippen MR) is 25.9 cm³/mol. The minimum atomic E-state index is -3.61. The van der Waals surface area contributed by atoms with Crippen LogP contribution in [0.2, 0.25) is 0 Å². The second-order valence-corrected chi connectivity index (χ2v) is 2.91. The Labute approximate surface area is 36.6 Å². The Hall–Kier alpha value is 0.270. The van der Waals surface area contributed by atoms with Gasteiger partial charge in [-0.05, 0) is 0 Å². The molecule has 0 aromatic heterocycles. The van der Waals surface area contributed by atoms with Crippen LogP contribution in [0.4, 0.5) is 0 Å². The molecule has 42 valence electrons. The first-order chi connectivity index (χ1) is 2.00. The van der Waals surface area contributed by atoms with Gasteiger partial charge in [0.25, 0.3) is 0 Å². The van der Waals surface area contributed by atoms with E-state index in [4.69, 9.17) is 14.7 Å². The van der Waals surface area contributed by atoms with Crippen LogP contribution in [-0.2, 0) is 0 Å². The maximum Gasteiger partial charge on any atom is -0.344 e. The first kappa shape index (κ1) is 9.55. The van der Waals surface area contributed by atoms with Crippen molar-refractivity contribution in [1.82, 2.24) is 6.15 Å². The van der Waals surface area contributed by atoms with Gasteiger partial charge in [-0.1, -0.05) is 0 Å². The molecule has 0 spiro atoms. The molecule has 0 bridgehead atoms. The molecule has 0 aromatic carbocycles. The van der Waals surface area contributed by atoms with Crippen LogP contribution >= 0.6 is 7.94 Å². The van der Waals surface area contributed by atoms with Crippen molar-refractivity contribution >= 4 is 7.94 Å². The van der Waals surface area contributed by atoms with Crippen molar-refractivity contribution < 1.29 is 14.7 Å². The predicted octanol–water partition coefficient (Wildman–Crippen LogP) is -0.750. The van der Waals surface area contributed by atoms with Crippen molar-refractivity contribution in [3.8, 4) is 0 Å². The standard InChI is InChI=1S/CH7O3P.H3N/c1-5(2,3)4;/h2-5H,1H3;1H3. The zero-order valence-electron chi connectivity index (χ0n) is 3.55. The van der Waals surface area contributed by atoms with Gasteiger partial charge in [0.05, 0.1) is 0 Å². The van der Waals surface area contributed by atoms with Gasteiger partial charge < -0.3 is 6.15 Å². The summed E-state index contributed by atoms with van der Waals surface area (Å²) in [6, 6.07) is 0. The number of hydrogen-bond acceptors (Lipinski definition) is 4. The van der Waals surface area contributed by atoms with Gasteiger partial charge in [0.2, 0.25) is 0 Å². The molecule has 0 saturated carbocycles. The molecule has 6 N–H and O–H groups in total. The minimum Gasteiger partial charge on any atom is -0.344 e. The Morgan fingerprint density at radius 3 is 1.17 bits per heavy atom. The quantitative estimate of drug-likeness (QED) is 0.312. The molecular weight excluding hydrogens is 105 g/mol. The smallest absolute Gasteiger partial charge is 0.344 e. The fourth-order valence-electron chi connectivity index (χ4n) is 0. The topological polar surface area (TPSA) is 95.7 Å². The van der Waals surface area contributed by atoms with Crippen LogP contribution in [0.25, 0.3) is 0 Å². The molecule has 0 unspecified atom stereocenters. The average molecular weight is 115 g/mol. The third kappa shape index (κ3) is 626. The van der Waals surface area contributed by atoms with E-state index in [1.54, 1.807) is 0 Å². The molecule has 0 aliphatic rings. The summed E-state index contributed by atoms with van der Waals surface area (Å²) in [6.45, 7) is 0.993. The maximum absolute atomic E-state index is 7.77. The number of hydrogen-bond donors (Lipinski definition) is 4. The monoisotopic (exact) mass is 115 g/mol. The molecule has 0 heterocycles. The van der Waals surface area contributed by atoms with E-state index in [0.717, 1.165) is 6.66 Å². The molecule has 4 nitrogen and oxygen atoms in total. The molecule has 0 atom stereocenters. The zero-order chi connectivity index (χ0) is 4.50. The molecule has 0 aliphatic heterocycles. The van der Waals surface area contributed by atoms with Crippen LogP contribution in [0.1, 0.15) is 0 Å². The van der Waals surface area contributed by atoms with Gasteiger partial charge >= 0.3 is 29.3 Å².